The number of aryl methyl sites for hydroxylation is 1. The number of hydrogen-bond donors (Lipinski definition) is 0. The van der Waals surface area contributed by atoms with Gasteiger partial charge in [0.25, 0.3) is 0 Å². The van der Waals surface area contributed by atoms with Crippen molar-refractivity contribution in [2.24, 2.45) is 5.92 Å². The molecule has 25 heavy (non-hydrogen) atoms. The number of likely N-dealkylation sites (tertiary alicyclic amines) is 1. The normalized spacial score (nSPS) is 25.6. The summed E-state index contributed by atoms with van der Waals surface area (Å²) in [6.45, 7) is 2.90. The average molecular weight is 334 g/mol. The Bertz CT molecular complexity index is 737. The van der Waals surface area contributed by atoms with Gasteiger partial charge in [0.05, 0.1) is 11.7 Å². The largest absolute Gasteiger partial charge is 0.334 e. The minimum absolute atomic E-state index is 0.178. The maximum atomic E-state index is 12.9. The number of rotatable bonds is 4. The molecule has 0 unspecified atom stereocenters. The summed E-state index contributed by atoms with van der Waals surface area (Å²) in [7, 11) is 0. The van der Waals surface area contributed by atoms with E-state index in [4.69, 9.17) is 0 Å². The van der Waals surface area contributed by atoms with E-state index >= 15 is 0 Å². The zero-order chi connectivity index (χ0) is 17.2. The zero-order valence-corrected chi connectivity index (χ0v) is 14.9. The molecule has 3 heteroatoms. The Balaban J connectivity index is 1.35. The van der Waals surface area contributed by atoms with Gasteiger partial charge in [0.2, 0.25) is 5.91 Å². The summed E-state index contributed by atoms with van der Waals surface area (Å²) in [6, 6.07) is 17.0. The summed E-state index contributed by atoms with van der Waals surface area (Å²) < 4.78 is 0. The Morgan fingerprint density at radius 2 is 1.92 bits per heavy atom. The first-order valence-electron chi connectivity index (χ1n) is 9.48. The van der Waals surface area contributed by atoms with Crippen LogP contribution in [0.5, 0.6) is 0 Å². The first-order chi connectivity index (χ1) is 12.2. The highest BCUT2D eigenvalue weighted by Gasteiger charge is 2.36. The van der Waals surface area contributed by atoms with Gasteiger partial charge in [-0.3, -0.25) is 9.78 Å². The van der Waals surface area contributed by atoms with Crippen molar-refractivity contribution in [2.45, 2.75) is 51.0 Å². The van der Waals surface area contributed by atoms with Crippen LogP contribution in [0.2, 0.25) is 0 Å². The lowest BCUT2D eigenvalue weighted by Gasteiger charge is -2.37. The lowest BCUT2D eigenvalue weighted by molar-refractivity contribution is -0.134. The molecule has 1 amide bonds. The number of pyridine rings is 1. The molecule has 2 aromatic rings. The molecule has 0 radical (unpaired) electrons. The Kier molecular flexibility index (Phi) is 4.56. The predicted molar refractivity (Wildman–Crippen MR) is 99.2 cm³/mol. The molecule has 130 valence electrons. The number of amides is 1. The molecule has 1 saturated heterocycles. The summed E-state index contributed by atoms with van der Waals surface area (Å²) in [4.78, 5) is 19.6. The van der Waals surface area contributed by atoms with E-state index in [0.717, 1.165) is 43.6 Å². The standard InChI is InChI=1S/C22H26N2O/c1-16-7-5-10-20(23-16)21-11-6-12-24(21)22(25)15-17-13-19(14-17)18-8-3-2-4-9-18/h2-5,7-10,17,19,21H,6,11-15H2,1H3/t17?,19?,21-/m0/s1. The monoisotopic (exact) mass is 334 g/mol. The molecule has 0 bridgehead atoms. The minimum Gasteiger partial charge on any atom is -0.334 e. The molecule has 1 atom stereocenters. The quantitative estimate of drug-likeness (QED) is 0.816. The molecule has 1 saturated carbocycles. The maximum Gasteiger partial charge on any atom is 0.223 e. The SMILES string of the molecule is Cc1cccc([C@@H]2CCCN2C(=O)CC2CC(c3ccccc3)C2)n1. The van der Waals surface area contributed by atoms with E-state index in [-0.39, 0.29) is 6.04 Å². The van der Waals surface area contributed by atoms with Crippen LogP contribution < -0.4 is 0 Å². The van der Waals surface area contributed by atoms with Crippen molar-refractivity contribution < 1.29 is 4.79 Å². The lowest BCUT2D eigenvalue weighted by Crippen LogP contribution is -2.34. The van der Waals surface area contributed by atoms with Gasteiger partial charge in [0.15, 0.2) is 0 Å². The fourth-order valence-electron chi connectivity index (χ4n) is 4.39. The van der Waals surface area contributed by atoms with Crippen molar-refractivity contribution in [1.29, 1.82) is 0 Å². The Morgan fingerprint density at radius 3 is 2.68 bits per heavy atom. The van der Waals surface area contributed by atoms with E-state index in [1.807, 2.05) is 13.0 Å². The molecule has 4 rings (SSSR count). The molecule has 2 fully saturated rings. The van der Waals surface area contributed by atoms with Crippen LogP contribution in [-0.4, -0.2) is 22.3 Å². The van der Waals surface area contributed by atoms with Gasteiger partial charge < -0.3 is 4.90 Å². The minimum atomic E-state index is 0.178. The third-order valence-corrected chi connectivity index (χ3v) is 5.79. The Morgan fingerprint density at radius 1 is 1.12 bits per heavy atom. The first kappa shape index (κ1) is 16.3. The molecule has 2 aliphatic rings. The molecular formula is C22H26N2O. The van der Waals surface area contributed by atoms with Crippen molar-refractivity contribution in [3.8, 4) is 0 Å². The second kappa shape index (κ2) is 6.99. The maximum absolute atomic E-state index is 12.9. The van der Waals surface area contributed by atoms with Crippen LogP contribution in [0.1, 0.15) is 61.0 Å². The van der Waals surface area contributed by atoms with Crippen molar-refractivity contribution in [3.63, 3.8) is 0 Å². The van der Waals surface area contributed by atoms with Crippen LogP contribution in [0.15, 0.2) is 48.5 Å². The summed E-state index contributed by atoms with van der Waals surface area (Å²) in [6.07, 6.45) is 5.13. The number of aromatic nitrogens is 1. The molecule has 1 aliphatic carbocycles. The molecule has 1 aliphatic heterocycles. The van der Waals surface area contributed by atoms with Gasteiger partial charge in [-0.25, -0.2) is 0 Å². The van der Waals surface area contributed by atoms with Gasteiger partial charge in [-0.2, -0.15) is 0 Å². The number of hydrogen-bond acceptors (Lipinski definition) is 2. The molecule has 0 N–H and O–H groups in total. The topological polar surface area (TPSA) is 33.2 Å². The van der Waals surface area contributed by atoms with Crippen molar-refractivity contribution in [2.75, 3.05) is 6.54 Å². The highest BCUT2D eigenvalue weighted by molar-refractivity contribution is 5.77. The van der Waals surface area contributed by atoms with Crippen LogP contribution in [0, 0.1) is 12.8 Å². The molecular weight excluding hydrogens is 308 g/mol. The average Bonchev–Trinajstić information content (AvgIpc) is 3.08. The number of nitrogens with zero attached hydrogens (tertiary/aromatic N) is 2. The summed E-state index contributed by atoms with van der Waals surface area (Å²) >= 11 is 0. The van der Waals surface area contributed by atoms with E-state index in [1.54, 1.807) is 0 Å². The van der Waals surface area contributed by atoms with Crippen molar-refractivity contribution in [1.82, 2.24) is 9.88 Å². The summed E-state index contributed by atoms with van der Waals surface area (Å²) in [5.74, 6) is 1.51. The first-order valence-corrected chi connectivity index (χ1v) is 9.48. The molecule has 1 aromatic carbocycles. The van der Waals surface area contributed by atoms with Gasteiger partial charge >= 0.3 is 0 Å². The zero-order valence-electron chi connectivity index (χ0n) is 14.9. The van der Waals surface area contributed by atoms with E-state index < -0.39 is 0 Å². The van der Waals surface area contributed by atoms with Crippen LogP contribution in [-0.2, 0) is 4.79 Å². The highest BCUT2D eigenvalue weighted by atomic mass is 16.2. The number of carbonyl (C=O) groups is 1. The smallest absolute Gasteiger partial charge is 0.223 e. The summed E-state index contributed by atoms with van der Waals surface area (Å²) in [5.41, 5.74) is 3.51. The van der Waals surface area contributed by atoms with Crippen molar-refractivity contribution >= 4 is 5.91 Å². The van der Waals surface area contributed by atoms with Gasteiger partial charge in [-0.1, -0.05) is 36.4 Å². The van der Waals surface area contributed by atoms with Gasteiger partial charge in [-0.05, 0) is 62.1 Å². The number of carbonyl (C=O) groups excluding carboxylic acids is 1. The van der Waals surface area contributed by atoms with Crippen molar-refractivity contribution in [3.05, 3.63) is 65.5 Å². The second-order valence-electron chi connectivity index (χ2n) is 7.60. The fraction of sp³-hybridized carbons (Fsp3) is 0.455. The Labute approximate surface area is 150 Å². The third-order valence-electron chi connectivity index (χ3n) is 5.79. The lowest BCUT2D eigenvalue weighted by atomic mass is 9.70. The van der Waals surface area contributed by atoms with Crippen LogP contribution in [0.4, 0.5) is 0 Å². The fourth-order valence-corrected chi connectivity index (χ4v) is 4.39. The third kappa shape index (κ3) is 3.46. The molecule has 3 nitrogen and oxygen atoms in total. The van der Waals surface area contributed by atoms with E-state index in [2.05, 4.69) is 52.3 Å². The van der Waals surface area contributed by atoms with Crippen LogP contribution in [0.3, 0.4) is 0 Å². The molecule has 1 aromatic heterocycles. The molecule has 0 spiro atoms. The van der Waals surface area contributed by atoms with E-state index in [1.165, 1.54) is 5.56 Å². The predicted octanol–water partition coefficient (Wildman–Crippen LogP) is 4.64. The van der Waals surface area contributed by atoms with Crippen LogP contribution in [0.25, 0.3) is 0 Å². The van der Waals surface area contributed by atoms with Gasteiger partial charge in [0.1, 0.15) is 0 Å². The molecule has 2 heterocycles. The van der Waals surface area contributed by atoms with Gasteiger partial charge in [0, 0.05) is 18.7 Å². The highest BCUT2D eigenvalue weighted by Crippen LogP contribution is 2.44. The summed E-state index contributed by atoms with van der Waals surface area (Å²) in [5, 5.41) is 0. The second-order valence-corrected chi connectivity index (χ2v) is 7.60. The number of benzene rings is 1. The van der Waals surface area contributed by atoms with E-state index in [9.17, 15) is 4.79 Å². The van der Waals surface area contributed by atoms with Gasteiger partial charge in [-0.15, -0.1) is 0 Å². The van der Waals surface area contributed by atoms with E-state index in [0.29, 0.717) is 24.2 Å². The Hall–Kier alpha value is -2.16. The van der Waals surface area contributed by atoms with Crippen LogP contribution >= 0.6 is 0 Å².